The largest absolute Gasteiger partial charge is 0.396 e. The van der Waals surface area contributed by atoms with Crippen molar-refractivity contribution in [2.45, 2.75) is 50.6 Å². The van der Waals surface area contributed by atoms with E-state index in [2.05, 4.69) is 22.4 Å². The number of amides is 1. The summed E-state index contributed by atoms with van der Waals surface area (Å²) < 4.78 is 0. The lowest BCUT2D eigenvalue weighted by Gasteiger charge is -2.42. The molecule has 0 aromatic carbocycles. The first-order valence-corrected chi connectivity index (χ1v) is 10.7. The summed E-state index contributed by atoms with van der Waals surface area (Å²) in [6.07, 6.45) is 6.52. The zero-order valence-electron chi connectivity index (χ0n) is 16.7. The maximum Gasteiger partial charge on any atom is 0.225 e. The Morgan fingerprint density at radius 2 is 2.17 bits per heavy atom. The van der Waals surface area contributed by atoms with E-state index in [-0.39, 0.29) is 25.0 Å². The molecule has 1 aromatic heterocycles. The third kappa shape index (κ3) is 3.41. The van der Waals surface area contributed by atoms with Gasteiger partial charge in [-0.2, -0.15) is 5.26 Å². The van der Waals surface area contributed by atoms with Crippen molar-refractivity contribution < 1.29 is 9.90 Å². The van der Waals surface area contributed by atoms with Crippen LogP contribution in [0.3, 0.4) is 0 Å². The average Bonchev–Trinajstić information content (AvgIpc) is 3.65. The van der Waals surface area contributed by atoms with Crippen molar-refractivity contribution >= 4 is 11.7 Å². The first-order chi connectivity index (χ1) is 14.2. The van der Waals surface area contributed by atoms with Gasteiger partial charge in [-0.05, 0) is 48.9 Å². The van der Waals surface area contributed by atoms with Crippen LogP contribution in [-0.4, -0.2) is 59.7 Å². The molecular formula is C22H27N5O2. The molecule has 1 amide bonds. The van der Waals surface area contributed by atoms with E-state index in [1.807, 2.05) is 4.90 Å². The zero-order chi connectivity index (χ0) is 20.0. The van der Waals surface area contributed by atoms with Crippen LogP contribution in [0.1, 0.15) is 54.0 Å². The lowest BCUT2D eigenvalue weighted by Crippen LogP contribution is -2.55. The maximum atomic E-state index is 12.5. The number of carbonyl (C=O) groups excluding carboxylic acids is 1. The van der Waals surface area contributed by atoms with Gasteiger partial charge in [-0.3, -0.25) is 4.79 Å². The number of rotatable bonds is 5. The van der Waals surface area contributed by atoms with Crippen LogP contribution in [0.25, 0.3) is 0 Å². The van der Waals surface area contributed by atoms with Crippen molar-refractivity contribution in [2.24, 2.45) is 0 Å². The summed E-state index contributed by atoms with van der Waals surface area (Å²) in [7, 11) is 0. The van der Waals surface area contributed by atoms with Gasteiger partial charge in [0.2, 0.25) is 5.91 Å². The van der Waals surface area contributed by atoms with Crippen LogP contribution in [0.5, 0.6) is 0 Å². The Hall–Kier alpha value is -2.43. The number of hydrogen-bond donors (Lipinski definition) is 2. The van der Waals surface area contributed by atoms with E-state index in [1.54, 1.807) is 0 Å². The highest BCUT2D eigenvalue weighted by Crippen LogP contribution is 2.44. The molecule has 0 unspecified atom stereocenters. The highest BCUT2D eigenvalue weighted by atomic mass is 16.3. The molecule has 7 heteroatoms. The molecule has 4 aliphatic rings. The Kier molecular flexibility index (Phi) is 4.76. The van der Waals surface area contributed by atoms with Gasteiger partial charge in [0, 0.05) is 38.5 Å². The first kappa shape index (κ1) is 18.6. The Bertz CT molecular complexity index is 915. The topological polar surface area (TPSA) is 92.5 Å². The summed E-state index contributed by atoms with van der Waals surface area (Å²) in [5, 5.41) is 22.6. The van der Waals surface area contributed by atoms with Gasteiger partial charge in [0.15, 0.2) is 0 Å². The fraction of sp³-hybridized carbons (Fsp3) is 0.591. The molecule has 1 saturated carbocycles. The van der Waals surface area contributed by atoms with Crippen LogP contribution < -0.4 is 10.2 Å². The quantitative estimate of drug-likeness (QED) is 0.731. The lowest BCUT2D eigenvalue weighted by molar-refractivity contribution is -0.133. The van der Waals surface area contributed by atoms with E-state index in [4.69, 9.17) is 4.98 Å². The summed E-state index contributed by atoms with van der Waals surface area (Å²) >= 11 is 0. The molecule has 5 rings (SSSR count). The van der Waals surface area contributed by atoms with Crippen LogP contribution in [0.15, 0.2) is 11.6 Å². The predicted molar refractivity (Wildman–Crippen MR) is 108 cm³/mol. The minimum absolute atomic E-state index is 0.00796. The average molecular weight is 393 g/mol. The van der Waals surface area contributed by atoms with E-state index in [0.29, 0.717) is 25.6 Å². The Balaban J connectivity index is 1.49. The molecule has 7 nitrogen and oxygen atoms in total. The molecule has 152 valence electrons. The zero-order valence-corrected chi connectivity index (χ0v) is 16.7. The minimum Gasteiger partial charge on any atom is -0.396 e. The van der Waals surface area contributed by atoms with E-state index in [0.717, 1.165) is 37.3 Å². The van der Waals surface area contributed by atoms with Crippen molar-refractivity contribution in [3.8, 4) is 6.07 Å². The van der Waals surface area contributed by atoms with Crippen LogP contribution in [0.2, 0.25) is 0 Å². The molecule has 0 radical (unpaired) electrons. The second-order valence-electron chi connectivity index (χ2n) is 8.47. The summed E-state index contributed by atoms with van der Waals surface area (Å²) in [4.78, 5) is 21.7. The van der Waals surface area contributed by atoms with Gasteiger partial charge in [-0.1, -0.05) is 6.08 Å². The predicted octanol–water partition coefficient (Wildman–Crippen LogP) is 1.21. The molecule has 2 aliphatic carbocycles. The third-order valence-electron chi connectivity index (χ3n) is 6.55. The highest BCUT2D eigenvalue weighted by Gasteiger charge is 2.38. The molecule has 1 atom stereocenters. The SMILES string of the molecule is N#Cc1c(N2CCN(C(=O)CCO)[C@H](C3=CC3)C2)nc(C2CC2)c2c1CCNC2. The molecule has 2 fully saturated rings. The number of pyridine rings is 1. The molecule has 3 heterocycles. The first-order valence-electron chi connectivity index (χ1n) is 10.7. The number of aliphatic hydroxyl groups excluding tert-OH is 1. The molecule has 2 N–H and O–H groups in total. The van der Waals surface area contributed by atoms with Gasteiger partial charge in [-0.25, -0.2) is 4.98 Å². The highest BCUT2D eigenvalue weighted by molar-refractivity contribution is 5.78. The number of aliphatic hydroxyl groups is 1. The van der Waals surface area contributed by atoms with Gasteiger partial charge in [0.1, 0.15) is 11.9 Å². The number of piperazine rings is 1. The van der Waals surface area contributed by atoms with Crippen LogP contribution in [0, 0.1) is 11.3 Å². The molecule has 1 aromatic rings. The number of carbonyl (C=O) groups is 1. The summed E-state index contributed by atoms with van der Waals surface area (Å²) in [5.41, 5.74) is 5.62. The van der Waals surface area contributed by atoms with Crippen molar-refractivity contribution in [1.82, 2.24) is 15.2 Å². The number of hydrogen-bond acceptors (Lipinski definition) is 6. The number of nitriles is 1. The van der Waals surface area contributed by atoms with Gasteiger partial charge >= 0.3 is 0 Å². The third-order valence-corrected chi connectivity index (χ3v) is 6.55. The fourth-order valence-electron chi connectivity index (χ4n) is 4.78. The Labute approximate surface area is 171 Å². The number of fused-ring (bicyclic) bond motifs is 1. The van der Waals surface area contributed by atoms with Crippen LogP contribution in [-0.2, 0) is 17.8 Å². The fourth-order valence-corrected chi connectivity index (χ4v) is 4.78. The molecule has 29 heavy (non-hydrogen) atoms. The smallest absolute Gasteiger partial charge is 0.225 e. The van der Waals surface area contributed by atoms with Crippen molar-refractivity contribution in [1.29, 1.82) is 5.26 Å². The Morgan fingerprint density at radius 3 is 2.86 bits per heavy atom. The summed E-state index contributed by atoms with van der Waals surface area (Å²) in [6.45, 7) is 3.53. The lowest BCUT2D eigenvalue weighted by atomic mass is 9.93. The van der Waals surface area contributed by atoms with Gasteiger partial charge in [-0.15, -0.1) is 0 Å². The standard InChI is InChI=1S/C22H27N5O2/c23-11-17-16-5-7-24-12-18(16)21(15-3-4-15)25-22(17)26-8-9-27(20(29)6-10-28)19(13-26)14-1-2-14/h1,15,19,24,28H,2-10,12-13H2/t19-/m0/s1. The summed E-state index contributed by atoms with van der Waals surface area (Å²) in [5.74, 6) is 1.36. The molecular weight excluding hydrogens is 366 g/mol. The monoisotopic (exact) mass is 393 g/mol. The number of anilines is 1. The van der Waals surface area contributed by atoms with Crippen molar-refractivity contribution in [3.05, 3.63) is 34.0 Å². The van der Waals surface area contributed by atoms with E-state index in [9.17, 15) is 15.2 Å². The minimum atomic E-state index is -0.117. The van der Waals surface area contributed by atoms with E-state index >= 15 is 0 Å². The van der Waals surface area contributed by atoms with Crippen molar-refractivity contribution in [3.63, 3.8) is 0 Å². The van der Waals surface area contributed by atoms with Crippen LogP contribution in [0.4, 0.5) is 5.82 Å². The van der Waals surface area contributed by atoms with Gasteiger partial charge < -0.3 is 20.2 Å². The maximum absolute atomic E-state index is 12.5. The van der Waals surface area contributed by atoms with Crippen LogP contribution >= 0.6 is 0 Å². The number of nitrogens with zero attached hydrogens (tertiary/aromatic N) is 4. The molecule has 1 saturated heterocycles. The second-order valence-corrected chi connectivity index (χ2v) is 8.47. The number of allylic oxidation sites excluding steroid dienone is 1. The van der Waals surface area contributed by atoms with Gasteiger partial charge in [0.05, 0.1) is 23.9 Å². The van der Waals surface area contributed by atoms with E-state index in [1.165, 1.54) is 35.2 Å². The number of nitrogens with one attached hydrogen (secondary N) is 1. The normalized spacial score (nSPS) is 23.3. The van der Waals surface area contributed by atoms with Gasteiger partial charge in [0.25, 0.3) is 0 Å². The van der Waals surface area contributed by atoms with E-state index < -0.39 is 0 Å². The molecule has 0 bridgehead atoms. The van der Waals surface area contributed by atoms with Crippen molar-refractivity contribution in [2.75, 3.05) is 37.7 Å². The molecule has 0 spiro atoms. The second kappa shape index (κ2) is 7.43. The number of aromatic nitrogens is 1. The molecule has 2 aliphatic heterocycles. The Morgan fingerprint density at radius 1 is 1.34 bits per heavy atom. The summed E-state index contributed by atoms with van der Waals surface area (Å²) in [6, 6.07) is 2.49.